The van der Waals surface area contributed by atoms with Gasteiger partial charge in [-0.2, -0.15) is 0 Å². The summed E-state index contributed by atoms with van der Waals surface area (Å²) in [5.74, 6) is 0.0733. The third kappa shape index (κ3) is 5.38. The van der Waals surface area contributed by atoms with Gasteiger partial charge in [-0.05, 0) is 63.2 Å². The number of aliphatic hydroxyl groups is 1. The number of aryl methyl sites for hydroxylation is 1. The van der Waals surface area contributed by atoms with Crippen molar-refractivity contribution in [3.8, 4) is 5.75 Å². The molecule has 228 valence electrons. The normalized spacial score (nSPS) is 23.1. The molecule has 1 saturated heterocycles. The maximum Gasteiger partial charge on any atom is 0.264 e. The number of hydrogen-bond acceptors (Lipinski definition) is 5. The molecule has 1 spiro atoms. The van der Waals surface area contributed by atoms with Crippen molar-refractivity contribution in [3.05, 3.63) is 93.5 Å². The number of aliphatic hydroxyl groups excluding tert-OH is 1. The number of nitrogens with zero attached hydrogens (tertiary/aromatic N) is 2. The Balaban J connectivity index is 1.58. The molecule has 0 radical (unpaired) electrons. The Morgan fingerprint density at radius 3 is 2.44 bits per heavy atom. The molecule has 0 aliphatic carbocycles. The zero-order valence-electron chi connectivity index (χ0n) is 25.8. The number of halogens is 1. The largest absolute Gasteiger partial charge is 0.497 e. The number of carbonyl (C=O) groups excluding carboxylic acids is 2. The molecule has 2 heterocycles. The number of ether oxygens (including phenoxy) is 2. The van der Waals surface area contributed by atoms with Gasteiger partial charge in [-0.15, -0.1) is 0 Å². The lowest BCUT2D eigenvalue weighted by Gasteiger charge is -2.39. The average Bonchev–Trinajstić information content (AvgIpc) is 3.39. The molecule has 2 aliphatic heterocycles. The first kappa shape index (κ1) is 31.2. The van der Waals surface area contributed by atoms with E-state index in [1.54, 1.807) is 24.0 Å². The van der Waals surface area contributed by atoms with Crippen LogP contribution in [0.4, 0.5) is 5.69 Å². The molecule has 5 rings (SSSR count). The van der Waals surface area contributed by atoms with Crippen LogP contribution >= 0.6 is 15.9 Å². The molecular weight excluding hydrogens is 608 g/mol. The Hall–Kier alpha value is -3.20. The predicted molar refractivity (Wildman–Crippen MR) is 171 cm³/mol. The maximum absolute atomic E-state index is 14.3. The average molecular weight is 650 g/mol. The summed E-state index contributed by atoms with van der Waals surface area (Å²) in [5.41, 5.74) is 3.01. The van der Waals surface area contributed by atoms with Crippen molar-refractivity contribution >= 4 is 33.4 Å². The van der Waals surface area contributed by atoms with Gasteiger partial charge in [0, 0.05) is 42.0 Å². The lowest BCUT2D eigenvalue weighted by Crippen LogP contribution is -2.45. The van der Waals surface area contributed by atoms with Gasteiger partial charge in [0.25, 0.3) is 5.91 Å². The zero-order valence-corrected chi connectivity index (χ0v) is 27.3. The fourth-order valence-corrected chi connectivity index (χ4v) is 8.20. The van der Waals surface area contributed by atoms with E-state index in [0.29, 0.717) is 6.54 Å². The van der Waals surface area contributed by atoms with Crippen LogP contribution in [0.1, 0.15) is 49.4 Å². The maximum atomic E-state index is 14.3. The van der Waals surface area contributed by atoms with Crippen molar-refractivity contribution in [3.63, 3.8) is 0 Å². The zero-order chi connectivity index (χ0) is 31.1. The van der Waals surface area contributed by atoms with Gasteiger partial charge < -0.3 is 24.4 Å². The van der Waals surface area contributed by atoms with Crippen molar-refractivity contribution in [1.82, 2.24) is 4.90 Å². The van der Waals surface area contributed by atoms with E-state index in [-0.39, 0.29) is 43.2 Å². The Labute approximate surface area is 262 Å². The molecule has 0 aromatic heterocycles. The highest BCUT2D eigenvalue weighted by atomic mass is 79.9. The molecule has 0 saturated carbocycles. The number of fused-ring (bicyclic) bond motifs is 2. The van der Waals surface area contributed by atoms with Crippen LogP contribution in [0.3, 0.4) is 0 Å². The van der Waals surface area contributed by atoms with Crippen LogP contribution in [-0.2, 0) is 31.9 Å². The topological polar surface area (TPSA) is 79.3 Å². The van der Waals surface area contributed by atoms with Crippen LogP contribution in [0.15, 0.2) is 71.2 Å². The summed E-state index contributed by atoms with van der Waals surface area (Å²) in [4.78, 5) is 31.7. The number of benzene rings is 3. The molecule has 2 aliphatic rings. The van der Waals surface area contributed by atoms with Crippen LogP contribution in [0.25, 0.3) is 0 Å². The first-order valence-corrected chi connectivity index (χ1v) is 15.6. The van der Waals surface area contributed by atoms with Crippen molar-refractivity contribution < 1.29 is 24.2 Å². The SMILES string of the molecule is COc1ccc(C(C)(C)[C@H]2[C@H](CC(=O)N(CCO)Cc3ccccc3)O[C@@]3(C(=O)N(C)c4c(Br)cc(C)cc43)[C@@H]2C)cc1. The van der Waals surface area contributed by atoms with Crippen molar-refractivity contribution in [2.45, 2.75) is 57.8 Å². The molecule has 3 aromatic carbocycles. The van der Waals surface area contributed by atoms with E-state index in [2.05, 4.69) is 48.8 Å². The van der Waals surface area contributed by atoms with Crippen molar-refractivity contribution in [1.29, 1.82) is 0 Å². The summed E-state index contributed by atoms with van der Waals surface area (Å²) in [5, 5.41) is 9.84. The quantitative estimate of drug-likeness (QED) is 0.309. The second-order valence-electron chi connectivity index (χ2n) is 12.4. The van der Waals surface area contributed by atoms with Crippen molar-refractivity contribution in [2.24, 2.45) is 11.8 Å². The van der Waals surface area contributed by atoms with Crippen molar-refractivity contribution in [2.75, 3.05) is 32.2 Å². The number of amides is 2. The fraction of sp³-hybridized carbons (Fsp3) is 0.429. The second-order valence-corrected chi connectivity index (χ2v) is 13.2. The van der Waals surface area contributed by atoms with Gasteiger partial charge in [0.05, 0.1) is 31.9 Å². The Kier molecular flexibility index (Phi) is 8.76. The number of anilines is 1. The standard InChI is InChI=1S/C35H41BrN2O5/c1-22-18-27-32(28(36)19-22)37(5)33(41)35(27)23(2)31(34(3,4)25-12-14-26(42-6)15-13-25)29(43-35)20-30(40)38(16-17-39)21-24-10-8-7-9-11-24/h7-15,18-19,23,29,31,39H,16-17,20-21H2,1-6H3/t23-,29+,31-,35+/m1/s1. The number of methoxy groups -OCH3 is 1. The molecule has 8 heteroatoms. The third-order valence-corrected chi connectivity index (χ3v) is 10.1. The number of carbonyl (C=O) groups is 2. The molecule has 4 atom stereocenters. The first-order valence-electron chi connectivity index (χ1n) is 14.8. The van der Waals surface area contributed by atoms with E-state index in [1.165, 1.54) is 0 Å². The van der Waals surface area contributed by atoms with Gasteiger partial charge in [0.2, 0.25) is 5.91 Å². The Morgan fingerprint density at radius 2 is 1.81 bits per heavy atom. The monoisotopic (exact) mass is 648 g/mol. The van der Waals surface area contributed by atoms with E-state index in [0.717, 1.165) is 38.2 Å². The molecular formula is C35H41BrN2O5. The molecule has 3 aromatic rings. The Bertz CT molecular complexity index is 1490. The number of hydrogen-bond donors (Lipinski definition) is 1. The minimum atomic E-state index is -1.24. The highest BCUT2D eigenvalue weighted by molar-refractivity contribution is 9.10. The minimum Gasteiger partial charge on any atom is -0.497 e. The smallest absolute Gasteiger partial charge is 0.264 e. The third-order valence-electron chi connectivity index (χ3n) is 9.47. The molecule has 7 nitrogen and oxygen atoms in total. The summed E-state index contributed by atoms with van der Waals surface area (Å²) in [6.45, 7) is 8.89. The van der Waals surface area contributed by atoms with E-state index in [4.69, 9.17) is 9.47 Å². The van der Waals surface area contributed by atoms with Gasteiger partial charge in [-0.3, -0.25) is 9.59 Å². The molecule has 2 amide bonds. The number of likely N-dealkylation sites (N-methyl/N-ethyl adjacent to an activating group) is 1. The van der Waals surface area contributed by atoms with Gasteiger partial charge in [-0.1, -0.05) is 69.3 Å². The van der Waals surface area contributed by atoms with Crippen LogP contribution in [0, 0.1) is 18.8 Å². The molecule has 43 heavy (non-hydrogen) atoms. The molecule has 0 unspecified atom stereocenters. The lowest BCUT2D eigenvalue weighted by molar-refractivity contribution is -0.150. The van der Waals surface area contributed by atoms with Crippen LogP contribution in [0.2, 0.25) is 0 Å². The van der Waals surface area contributed by atoms with Crippen LogP contribution < -0.4 is 9.64 Å². The summed E-state index contributed by atoms with van der Waals surface area (Å²) < 4.78 is 13.3. The van der Waals surface area contributed by atoms with E-state index < -0.39 is 17.1 Å². The molecule has 1 N–H and O–H groups in total. The summed E-state index contributed by atoms with van der Waals surface area (Å²) in [6.07, 6.45) is -0.471. The summed E-state index contributed by atoms with van der Waals surface area (Å²) >= 11 is 3.70. The van der Waals surface area contributed by atoms with E-state index in [9.17, 15) is 14.7 Å². The van der Waals surface area contributed by atoms with Gasteiger partial charge in [0.15, 0.2) is 5.60 Å². The lowest BCUT2D eigenvalue weighted by atomic mass is 9.63. The predicted octanol–water partition coefficient (Wildman–Crippen LogP) is 5.98. The Morgan fingerprint density at radius 1 is 1.14 bits per heavy atom. The second kappa shape index (κ2) is 12.1. The number of rotatable bonds is 9. The fourth-order valence-electron chi connectivity index (χ4n) is 7.36. The highest BCUT2D eigenvalue weighted by Gasteiger charge is 2.66. The van der Waals surface area contributed by atoms with E-state index >= 15 is 0 Å². The summed E-state index contributed by atoms with van der Waals surface area (Å²) in [6, 6.07) is 21.8. The van der Waals surface area contributed by atoms with E-state index in [1.807, 2.05) is 61.5 Å². The minimum absolute atomic E-state index is 0.0858. The van der Waals surface area contributed by atoms with Crippen LogP contribution in [0.5, 0.6) is 5.75 Å². The van der Waals surface area contributed by atoms with Crippen LogP contribution in [-0.4, -0.2) is 55.2 Å². The molecule has 1 fully saturated rings. The first-order chi connectivity index (χ1) is 20.4. The van der Waals surface area contributed by atoms with Gasteiger partial charge in [0.1, 0.15) is 5.75 Å². The molecule has 0 bridgehead atoms. The van der Waals surface area contributed by atoms with Gasteiger partial charge in [-0.25, -0.2) is 0 Å². The van der Waals surface area contributed by atoms with Gasteiger partial charge >= 0.3 is 0 Å². The summed E-state index contributed by atoms with van der Waals surface area (Å²) in [7, 11) is 3.43. The highest BCUT2D eigenvalue weighted by Crippen LogP contribution is 2.60.